The zero-order valence-corrected chi connectivity index (χ0v) is 18.6. The molecule has 2 aliphatic rings. The summed E-state index contributed by atoms with van der Waals surface area (Å²) in [5, 5.41) is 0. The Bertz CT molecular complexity index is 1350. The predicted molar refractivity (Wildman–Crippen MR) is 118 cm³/mol. The van der Waals surface area contributed by atoms with Crippen molar-refractivity contribution in [1.29, 1.82) is 0 Å². The molecule has 2 aromatic carbocycles. The van der Waals surface area contributed by atoms with E-state index in [1.54, 1.807) is 35.2 Å². The maximum atomic E-state index is 13.2. The van der Waals surface area contributed by atoms with Gasteiger partial charge in [-0.3, -0.25) is 9.36 Å². The summed E-state index contributed by atoms with van der Waals surface area (Å²) in [6.07, 6.45) is 0.730. The fourth-order valence-electron chi connectivity index (χ4n) is 4.03. The number of amides is 1. The van der Waals surface area contributed by atoms with Gasteiger partial charge in [0.2, 0.25) is 15.9 Å². The van der Waals surface area contributed by atoms with Gasteiger partial charge in [-0.1, -0.05) is 12.1 Å². The van der Waals surface area contributed by atoms with E-state index in [1.807, 2.05) is 0 Å². The molecule has 1 fully saturated rings. The average molecular weight is 474 g/mol. The van der Waals surface area contributed by atoms with Crippen LogP contribution in [0.4, 0.5) is 0 Å². The maximum absolute atomic E-state index is 13.2. The first-order valence-corrected chi connectivity index (χ1v) is 12.1. The summed E-state index contributed by atoms with van der Waals surface area (Å²) < 4.78 is 45.3. The summed E-state index contributed by atoms with van der Waals surface area (Å²) in [6, 6.07) is 11.5. The van der Waals surface area contributed by atoms with Gasteiger partial charge in [-0.05, 0) is 24.3 Å². The molecule has 10 nitrogen and oxygen atoms in total. The number of piperazine rings is 1. The number of para-hydroxylation sites is 2. The quantitative estimate of drug-likeness (QED) is 0.561. The Kier molecular flexibility index (Phi) is 5.59. The molecule has 0 radical (unpaired) electrons. The Balaban J connectivity index is 1.26. The minimum absolute atomic E-state index is 0.128. The van der Waals surface area contributed by atoms with Crippen molar-refractivity contribution in [2.75, 3.05) is 39.4 Å². The van der Waals surface area contributed by atoms with Crippen LogP contribution in [-0.2, 0) is 21.4 Å². The molecule has 1 saturated heterocycles. The predicted octanol–water partition coefficient (Wildman–Crippen LogP) is 1.29. The van der Waals surface area contributed by atoms with E-state index in [4.69, 9.17) is 13.9 Å². The maximum Gasteiger partial charge on any atom is 0.420 e. The molecule has 174 valence electrons. The smallest absolute Gasteiger partial charge is 0.420 e. The number of oxazole rings is 1. The lowest BCUT2D eigenvalue weighted by Crippen LogP contribution is -2.51. The molecule has 2 aliphatic heterocycles. The van der Waals surface area contributed by atoms with E-state index in [1.165, 1.54) is 21.0 Å². The van der Waals surface area contributed by atoms with Crippen LogP contribution in [0.2, 0.25) is 0 Å². The third kappa shape index (κ3) is 4.09. The number of hydrogen-bond donors (Lipinski definition) is 0. The van der Waals surface area contributed by atoms with Crippen molar-refractivity contribution in [3.63, 3.8) is 0 Å². The van der Waals surface area contributed by atoms with Crippen LogP contribution in [-0.4, -0.2) is 67.5 Å². The Hall–Kier alpha value is -3.31. The molecule has 0 unspecified atom stereocenters. The minimum Gasteiger partial charge on any atom is -0.490 e. The third-order valence-corrected chi connectivity index (χ3v) is 7.71. The van der Waals surface area contributed by atoms with E-state index in [0.29, 0.717) is 35.8 Å². The second-order valence-electron chi connectivity index (χ2n) is 7.87. The number of aromatic nitrogens is 1. The lowest BCUT2D eigenvalue weighted by atomic mass is 10.3. The Morgan fingerprint density at radius 3 is 2.45 bits per heavy atom. The largest absolute Gasteiger partial charge is 0.490 e. The lowest BCUT2D eigenvalue weighted by molar-refractivity contribution is -0.133. The molecule has 0 spiro atoms. The van der Waals surface area contributed by atoms with Gasteiger partial charge in [0.25, 0.3) is 0 Å². The van der Waals surface area contributed by atoms with Crippen LogP contribution in [0.25, 0.3) is 11.1 Å². The molecule has 3 heterocycles. The number of hydrogen-bond acceptors (Lipinski definition) is 7. The molecule has 33 heavy (non-hydrogen) atoms. The zero-order valence-electron chi connectivity index (χ0n) is 17.8. The highest BCUT2D eigenvalue weighted by molar-refractivity contribution is 7.89. The fraction of sp³-hybridized carbons (Fsp3) is 0.364. The molecule has 11 heteroatoms. The van der Waals surface area contributed by atoms with Crippen molar-refractivity contribution < 1.29 is 27.1 Å². The van der Waals surface area contributed by atoms with Crippen LogP contribution in [0.15, 0.2) is 56.6 Å². The summed E-state index contributed by atoms with van der Waals surface area (Å²) in [6.45, 7) is 1.60. The first-order valence-electron chi connectivity index (χ1n) is 10.7. The number of rotatable bonds is 4. The van der Waals surface area contributed by atoms with Crippen LogP contribution in [0, 0.1) is 0 Å². The van der Waals surface area contributed by atoms with Gasteiger partial charge >= 0.3 is 5.76 Å². The number of nitrogens with zero attached hydrogens (tertiary/aromatic N) is 3. The van der Waals surface area contributed by atoms with E-state index in [0.717, 1.165) is 6.42 Å². The van der Waals surface area contributed by atoms with E-state index >= 15 is 0 Å². The summed E-state index contributed by atoms with van der Waals surface area (Å²) >= 11 is 0. The molecule has 0 N–H and O–H groups in total. The standard InChI is InChI=1S/C22H23N3O7S/c26-21(15-25-17-4-1-2-5-18(17)32-22(25)27)23-8-10-24(11-9-23)33(28,29)16-6-7-19-20(14-16)31-13-3-12-30-19/h1-2,4-7,14H,3,8-13,15H2. The molecule has 0 aliphatic carbocycles. The minimum atomic E-state index is -3.75. The van der Waals surface area contributed by atoms with Crippen LogP contribution < -0.4 is 15.2 Å². The molecule has 1 aromatic heterocycles. The number of fused-ring (bicyclic) bond motifs is 2. The van der Waals surface area contributed by atoms with Gasteiger partial charge < -0.3 is 18.8 Å². The highest BCUT2D eigenvalue weighted by Crippen LogP contribution is 2.33. The lowest BCUT2D eigenvalue weighted by Gasteiger charge is -2.34. The number of ether oxygens (including phenoxy) is 2. The molecule has 0 bridgehead atoms. The van der Waals surface area contributed by atoms with E-state index < -0.39 is 15.8 Å². The second kappa shape index (κ2) is 8.56. The van der Waals surface area contributed by atoms with Crippen LogP contribution in [0.3, 0.4) is 0 Å². The highest BCUT2D eigenvalue weighted by Gasteiger charge is 2.31. The Morgan fingerprint density at radius 2 is 1.67 bits per heavy atom. The second-order valence-corrected chi connectivity index (χ2v) is 9.80. The van der Waals surface area contributed by atoms with E-state index in [2.05, 4.69) is 0 Å². The third-order valence-electron chi connectivity index (χ3n) is 5.82. The van der Waals surface area contributed by atoms with Crippen molar-refractivity contribution in [2.24, 2.45) is 0 Å². The first kappa shape index (κ1) is 21.5. The molecule has 0 saturated carbocycles. The van der Waals surface area contributed by atoms with Gasteiger partial charge in [-0.25, -0.2) is 13.2 Å². The molecule has 0 atom stereocenters. The number of sulfonamides is 1. The monoisotopic (exact) mass is 473 g/mol. The number of carbonyl (C=O) groups excluding carboxylic acids is 1. The van der Waals surface area contributed by atoms with Gasteiger partial charge in [0.1, 0.15) is 6.54 Å². The average Bonchev–Trinajstić information content (AvgIpc) is 2.98. The van der Waals surface area contributed by atoms with E-state index in [-0.39, 0.29) is 43.5 Å². The molecular weight excluding hydrogens is 450 g/mol. The van der Waals surface area contributed by atoms with Gasteiger partial charge in [0.05, 0.1) is 23.6 Å². The molecule has 1 amide bonds. The number of carbonyl (C=O) groups is 1. The van der Waals surface area contributed by atoms with Crippen molar-refractivity contribution in [3.8, 4) is 11.5 Å². The number of benzene rings is 2. The SMILES string of the molecule is O=C(Cn1c(=O)oc2ccccc21)N1CCN(S(=O)(=O)c2ccc3c(c2)OCCCO3)CC1. The van der Waals surface area contributed by atoms with Gasteiger partial charge in [0.15, 0.2) is 17.1 Å². The van der Waals surface area contributed by atoms with Gasteiger partial charge in [-0.2, -0.15) is 4.31 Å². The Labute approximate surface area is 189 Å². The van der Waals surface area contributed by atoms with Crippen LogP contribution >= 0.6 is 0 Å². The van der Waals surface area contributed by atoms with Crippen LogP contribution in [0.1, 0.15) is 6.42 Å². The normalized spacial score (nSPS) is 17.2. The summed E-state index contributed by atoms with van der Waals surface area (Å²) in [7, 11) is -3.75. The van der Waals surface area contributed by atoms with Crippen molar-refractivity contribution >= 4 is 27.0 Å². The fourth-order valence-corrected chi connectivity index (χ4v) is 5.47. The van der Waals surface area contributed by atoms with Crippen molar-refractivity contribution in [3.05, 3.63) is 53.0 Å². The first-order chi connectivity index (χ1) is 15.9. The zero-order chi connectivity index (χ0) is 23.0. The van der Waals surface area contributed by atoms with Crippen molar-refractivity contribution in [2.45, 2.75) is 17.9 Å². The highest BCUT2D eigenvalue weighted by atomic mass is 32.2. The molecule has 5 rings (SSSR count). The topological polar surface area (TPSA) is 111 Å². The van der Waals surface area contributed by atoms with Gasteiger partial charge in [0, 0.05) is 38.7 Å². The van der Waals surface area contributed by atoms with E-state index in [9.17, 15) is 18.0 Å². The molecular formula is C22H23N3O7S. The Morgan fingerprint density at radius 1 is 0.939 bits per heavy atom. The van der Waals surface area contributed by atoms with Gasteiger partial charge in [-0.15, -0.1) is 0 Å². The van der Waals surface area contributed by atoms with Crippen molar-refractivity contribution in [1.82, 2.24) is 13.8 Å². The summed E-state index contributed by atoms with van der Waals surface area (Å²) in [5.41, 5.74) is 0.966. The van der Waals surface area contributed by atoms with Crippen LogP contribution in [0.5, 0.6) is 11.5 Å². The molecule has 3 aromatic rings. The summed E-state index contributed by atoms with van der Waals surface area (Å²) in [5.74, 6) is 0.0838. The summed E-state index contributed by atoms with van der Waals surface area (Å²) in [4.78, 5) is 26.6.